The van der Waals surface area contributed by atoms with Crippen LogP contribution < -0.4 is 11.1 Å². The van der Waals surface area contributed by atoms with Crippen molar-refractivity contribution in [2.24, 2.45) is 0 Å². The summed E-state index contributed by atoms with van der Waals surface area (Å²) in [6, 6.07) is 9.85. The van der Waals surface area contributed by atoms with Crippen LogP contribution in [0.2, 0.25) is 0 Å². The largest absolute Gasteiger partial charge is 0.384 e. The third-order valence-corrected chi connectivity index (χ3v) is 3.38. The summed E-state index contributed by atoms with van der Waals surface area (Å²) in [6.07, 6.45) is 3.21. The number of nitrogens with two attached hydrogens (primary N) is 1. The van der Waals surface area contributed by atoms with Crippen LogP contribution in [0, 0.1) is 0 Å². The lowest BCUT2D eigenvalue weighted by Gasteiger charge is -2.08. The molecule has 0 saturated heterocycles. The Balaban J connectivity index is 1.87. The number of nitrogens with zero attached hydrogens (tertiary/aromatic N) is 3. The number of hydrogen-bond donors (Lipinski definition) is 2. The summed E-state index contributed by atoms with van der Waals surface area (Å²) < 4.78 is 1.05. The van der Waals surface area contributed by atoms with E-state index in [9.17, 15) is 0 Å². The normalized spacial score (nSPS) is 10.7. The molecule has 2 heterocycles. The van der Waals surface area contributed by atoms with Gasteiger partial charge >= 0.3 is 0 Å². The van der Waals surface area contributed by atoms with Crippen LogP contribution in [0.1, 0.15) is 5.56 Å². The topological polar surface area (TPSA) is 76.7 Å². The Morgan fingerprint density at radius 2 is 2.05 bits per heavy atom. The molecule has 0 bridgehead atoms. The predicted octanol–water partition coefficient (Wildman–Crippen LogP) is 2.98. The number of rotatable bonds is 3. The second kappa shape index (κ2) is 5.42. The van der Waals surface area contributed by atoms with Gasteiger partial charge in [0.15, 0.2) is 0 Å². The highest BCUT2D eigenvalue weighted by atomic mass is 79.9. The molecular weight excluding hydrogens is 318 g/mol. The number of pyridine rings is 1. The molecule has 3 N–H and O–H groups in total. The Morgan fingerprint density at radius 3 is 2.90 bits per heavy atom. The zero-order valence-corrected chi connectivity index (χ0v) is 12.1. The van der Waals surface area contributed by atoms with Crippen molar-refractivity contribution < 1.29 is 0 Å². The Labute approximate surface area is 124 Å². The van der Waals surface area contributed by atoms with E-state index in [4.69, 9.17) is 5.73 Å². The van der Waals surface area contributed by atoms with E-state index >= 15 is 0 Å². The molecule has 6 heteroatoms. The molecule has 0 aliphatic heterocycles. The molecule has 0 unspecified atom stereocenters. The Morgan fingerprint density at radius 1 is 1.15 bits per heavy atom. The molecule has 0 fully saturated rings. The molecule has 2 aromatic heterocycles. The van der Waals surface area contributed by atoms with Crippen LogP contribution in [0.25, 0.3) is 10.9 Å². The monoisotopic (exact) mass is 329 g/mol. The maximum Gasteiger partial charge on any atom is 0.139 e. The zero-order valence-electron chi connectivity index (χ0n) is 10.5. The quantitative estimate of drug-likeness (QED) is 0.772. The van der Waals surface area contributed by atoms with Crippen molar-refractivity contribution in [3.05, 3.63) is 52.9 Å². The van der Waals surface area contributed by atoms with Gasteiger partial charge in [0.25, 0.3) is 0 Å². The fourth-order valence-electron chi connectivity index (χ4n) is 1.94. The SMILES string of the molecule is Nc1cc2ncnc(NCc3cccc(Br)c3)c2cn1. The van der Waals surface area contributed by atoms with Crippen molar-refractivity contribution in [3.8, 4) is 0 Å². The van der Waals surface area contributed by atoms with Gasteiger partial charge in [-0.15, -0.1) is 0 Å². The fourth-order valence-corrected chi connectivity index (χ4v) is 2.39. The highest BCUT2D eigenvalue weighted by molar-refractivity contribution is 9.10. The smallest absolute Gasteiger partial charge is 0.139 e. The van der Waals surface area contributed by atoms with Gasteiger partial charge in [-0.05, 0) is 17.7 Å². The molecule has 1 aromatic carbocycles. The van der Waals surface area contributed by atoms with E-state index < -0.39 is 0 Å². The first-order chi connectivity index (χ1) is 9.72. The first kappa shape index (κ1) is 12.8. The van der Waals surface area contributed by atoms with Crippen LogP contribution in [0.15, 0.2) is 47.3 Å². The van der Waals surface area contributed by atoms with Gasteiger partial charge in [-0.2, -0.15) is 0 Å². The third-order valence-electron chi connectivity index (χ3n) is 2.89. The average Bonchev–Trinajstić information content (AvgIpc) is 2.44. The molecule has 0 radical (unpaired) electrons. The molecule has 0 saturated carbocycles. The zero-order chi connectivity index (χ0) is 13.9. The lowest BCUT2D eigenvalue weighted by atomic mass is 10.2. The number of anilines is 2. The highest BCUT2D eigenvalue weighted by Gasteiger charge is 2.04. The molecule has 0 spiro atoms. The maximum atomic E-state index is 5.66. The van der Waals surface area contributed by atoms with Gasteiger partial charge in [0.2, 0.25) is 0 Å². The van der Waals surface area contributed by atoms with Crippen molar-refractivity contribution in [2.45, 2.75) is 6.54 Å². The minimum Gasteiger partial charge on any atom is -0.384 e. The Bertz CT molecular complexity index is 759. The number of hydrogen-bond acceptors (Lipinski definition) is 5. The lowest BCUT2D eigenvalue weighted by Crippen LogP contribution is -2.03. The van der Waals surface area contributed by atoms with E-state index in [2.05, 4.69) is 48.3 Å². The number of fused-ring (bicyclic) bond motifs is 1. The van der Waals surface area contributed by atoms with Gasteiger partial charge in [-0.3, -0.25) is 0 Å². The number of benzene rings is 1. The molecule has 100 valence electrons. The number of nitrogens with one attached hydrogen (secondary N) is 1. The van der Waals surface area contributed by atoms with Crippen LogP contribution in [0.4, 0.5) is 11.6 Å². The minimum atomic E-state index is 0.453. The second-order valence-electron chi connectivity index (χ2n) is 4.33. The highest BCUT2D eigenvalue weighted by Crippen LogP contribution is 2.20. The summed E-state index contributed by atoms with van der Waals surface area (Å²) in [4.78, 5) is 12.5. The summed E-state index contributed by atoms with van der Waals surface area (Å²) >= 11 is 3.46. The van der Waals surface area contributed by atoms with Gasteiger partial charge in [0.1, 0.15) is 18.0 Å². The van der Waals surface area contributed by atoms with Crippen LogP contribution in [0.3, 0.4) is 0 Å². The third kappa shape index (κ3) is 2.70. The van der Waals surface area contributed by atoms with Gasteiger partial charge < -0.3 is 11.1 Å². The van der Waals surface area contributed by atoms with Crippen molar-refractivity contribution in [1.29, 1.82) is 0 Å². The molecule has 0 aliphatic carbocycles. The van der Waals surface area contributed by atoms with Crippen LogP contribution in [0.5, 0.6) is 0 Å². The van der Waals surface area contributed by atoms with Gasteiger partial charge in [-0.25, -0.2) is 15.0 Å². The molecule has 3 aromatic rings. The van der Waals surface area contributed by atoms with Crippen LogP contribution >= 0.6 is 15.9 Å². The van der Waals surface area contributed by atoms with E-state index in [1.165, 1.54) is 6.33 Å². The van der Waals surface area contributed by atoms with Crippen molar-refractivity contribution in [3.63, 3.8) is 0 Å². The summed E-state index contributed by atoms with van der Waals surface area (Å²) in [7, 11) is 0. The number of nitrogen functional groups attached to an aromatic ring is 1. The number of halogens is 1. The summed E-state index contributed by atoms with van der Waals surface area (Å²) in [5.41, 5.74) is 7.60. The first-order valence-corrected chi connectivity index (χ1v) is 6.86. The van der Waals surface area contributed by atoms with Crippen LogP contribution in [-0.4, -0.2) is 15.0 Å². The standard InChI is InChI=1S/C14H12BrN5/c15-10-3-1-2-9(4-10)6-18-14-11-7-17-13(16)5-12(11)19-8-20-14/h1-5,7-8H,6H2,(H2,16,17)(H,18,19,20). The summed E-state index contributed by atoms with van der Waals surface area (Å²) in [5.74, 6) is 1.21. The fraction of sp³-hybridized carbons (Fsp3) is 0.0714. The van der Waals surface area contributed by atoms with E-state index in [-0.39, 0.29) is 0 Å². The minimum absolute atomic E-state index is 0.453. The molecule has 5 nitrogen and oxygen atoms in total. The Kier molecular flexibility index (Phi) is 3.47. The maximum absolute atomic E-state index is 5.66. The van der Waals surface area contributed by atoms with Crippen molar-refractivity contribution in [1.82, 2.24) is 15.0 Å². The molecule has 20 heavy (non-hydrogen) atoms. The van der Waals surface area contributed by atoms with Crippen molar-refractivity contribution in [2.75, 3.05) is 11.1 Å². The summed E-state index contributed by atoms with van der Waals surface area (Å²) in [6.45, 7) is 0.677. The molecule has 0 aliphatic rings. The lowest BCUT2D eigenvalue weighted by molar-refractivity contribution is 1.10. The van der Waals surface area contributed by atoms with E-state index in [0.717, 1.165) is 26.8 Å². The molecule has 0 amide bonds. The molecule has 0 atom stereocenters. The predicted molar refractivity (Wildman–Crippen MR) is 83.2 cm³/mol. The first-order valence-electron chi connectivity index (χ1n) is 6.07. The van der Waals surface area contributed by atoms with Gasteiger partial charge in [0.05, 0.1) is 10.9 Å². The summed E-state index contributed by atoms with van der Waals surface area (Å²) in [5, 5.41) is 4.16. The second-order valence-corrected chi connectivity index (χ2v) is 5.25. The van der Waals surface area contributed by atoms with Crippen molar-refractivity contribution >= 4 is 38.5 Å². The number of aromatic nitrogens is 3. The molecular formula is C14H12BrN5. The van der Waals surface area contributed by atoms with Gasteiger partial charge in [0, 0.05) is 23.3 Å². The van der Waals surface area contributed by atoms with E-state index in [1.807, 2.05) is 12.1 Å². The van der Waals surface area contributed by atoms with E-state index in [0.29, 0.717) is 12.4 Å². The average molecular weight is 330 g/mol. The Hall–Kier alpha value is -2.21. The molecule has 3 rings (SSSR count). The van der Waals surface area contributed by atoms with Gasteiger partial charge in [-0.1, -0.05) is 28.1 Å². The van der Waals surface area contributed by atoms with E-state index in [1.54, 1.807) is 12.3 Å². The van der Waals surface area contributed by atoms with Crippen LogP contribution in [-0.2, 0) is 6.54 Å².